The fraction of sp³-hybridized carbons (Fsp3) is 0.226. The summed E-state index contributed by atoms with van der Waals surface area (Å²) in [5.74, 6) is -0.0741. The van der Waals surface area contributed by atoms with Gasteiger partial charge < -0.3 is 0 Å². The van der Waals surface area contributed by atoms with E-state index in [1.54, 1.807) is 0 Å². The minimum Gasteiger partial charge on any atom is -0.217 e. The fourth-order valence-corrected chi connectivity index (χ4v) is 11.6. The van der Waals surface area contributed by atoms with Crippen molar-refractivity contribution in [1.29, 1.82) is 0 Å². The summed E-state index contributed by atoms with van der Waals surface area (Å²) in [5.41, 5.74) is 27.2. The van der Waals surface area contributed by atoms with Crippen molar-refractivity contribution in [3.8, 4) is 44.5 Å². The van der Waals surface area contributed by atoms with Gasteiger partial charge in [-0.3, -0.25) is 0 Å². The van der Waals surface area contributed by atoms with Gasteiger partial charge in [-0.25, -0.2) is 5.32 Å². The van der Waals surface area contributed by atoms with Gasteiger partial charge in [0.25, 0.3) is 0 Å². The molecule has 313 valence electrons. The Labute approximate surface area is 376 Å². The lowest BCUT2D eigenvalue weighted by Gasteiger charge is -2.41. The number of hydrogen-bond acceptors (Lipinski definition) is 0. The second kappa shape index (κ2) is 16.8. The highest BCUT2D eigenvalue weighted by molar-refractivity contribution is 5.88. The predicted molar refractivity (Wildman–Crippen MR) is 268 cm³/mol. The van der Waals surface area contributed by atoms with Gasteiger partial charge in [-0.15, -0.1) is 0 Å². The van der Waals surface area contributed by atoms with E-state index in [0.29, 0.717) is 0 Å². The topological polar surface area (TPSA) is 14.1 Å². The van der Waals surface area contributed by atoms with Crippen LogP contribution in [0.15, 0.2) is 158 Å². The van der Waals surface area contributed by atoms with E-state index in [1.165, 1.54) is 122 Å². The van der Waals surface area contributed by atoms with Crippen LogP contribution in [0.3, 0.4) is 0 Å². The van der Waals surface area contributed by atoms with Crippen molar-refractivity contribution in [3.63, 3.8) is 0 Å². The van der Waals surface area contributed by atoms with Crippen molar-refractivity contribution in [1.82, 2.24) is 5.32 Å². The van der Waals surface area contributed by atoms with Gasteiger partial charge in [0.2, 0.25) is 0 Å². The Balaban J connectivity index is 1.51. The van der Waals surface area contributed by atoms with Gasteiger partial charge in [-0.2, -0.15) is 0 Å². The molecule has 1 aliphatic rings. The molecule has 9 rings (SSSR count). The third-order valence-corrected chi connectivity index (χ3v) is 13.6. The molecule has 1 aliphatic heterocycles. The number of aryl methyl sites for hydroxylation is 10. The van der Waals surface area contributed by atoms with Crippen molar-refractivity contribution in [2.24, 2.45) is 0 Å². The Morgan fingerprint density at radius 3 is 1.21 bits per heavy atom. The lowest BCUT2D eigenvalue weighted by atomic mass is 9.64. The van der Waals surface area contributed by atoms with E-state index < -0.39 is 5.54 Å². The Hall–Kier alpha value is -6.28. The summed E-state index contributed by atoms with van der Waals surface area (Å²) in [6, 6.07) is 60.1. The van der Waals surface area contributed by atoms with Crippen molar-refractivity contribution in [2.75, 3.05) is 0 Å². The van der Waals surface area contributed by atoms with Crippen LogP contribution in [0.5, 0.6) is 0 Å². The first-order valence-corrected chi connectivity index (χ1v) is 22.7. The van der Waals surface area contributed by atoms with E-state index in [0.717, 1.165) is 6.42 Å². The Bertz CT molecular complexity index is 2770. The molecule has 8 aromatic rings. The maximum Gasteiger partial charge on any atom is 0.0943 e. The van der Waals surface area contributed by atoms with Gasteiger partial charge in [0.15, 0.2) is 0 Å². The van der Waals surface area contributed by atoms with Crippen LogP contribution in [0.2, 0.25) is 0 Å². The molecular formula is C62H60N. The van der Waals surface area contributed by atoms with Crippen LogP contribution in [-0.2, 0) is 5.54 Å². The fourth-order valence-electron chi connectivity index (χ4n) is 11.6. The molecule has 0 spiro atoms. The number of hydrogen-bond donors (Lipinski definition) is 0. The zero-order valence-electron chi connectivity index (χ0n) is 38.8. The van der Waals surface area contributed by atoms with Crippen molar-refractivity contribution in [2.45, 2.75) is 93.2 Å². The first-order chi connectivity index (χ1) is 30.3. The molecule has 1 fully saturated rings. The highest BCUT2D eigenvalue weighted by Gasteiger charge is 2.55. The Morgan fingerprint density at radius 1 is 0.397 bits per heavy atom. The van der Waals surface area contributed by atoms with E-state index in [4.69, 9.17) is 5.32 Å². The van der Waals surface area contributed by atoms with Crippen LogP contribution >= 0.6 is 0 Å². The van der Waals surface area contributed by atoms with E-state index >= 15 is 0 Å². The van der Waals surface area contributed by atoms with Gasteiger partial charge in [-0.1, -0.05) is 191 Å². The standard InChI is InChI=1S/C62H60N/c1-38-27-39(2)34-49(33-38)52-23-17-24-53(50-35-40(3)28-41(4)36-50)60(52)56-37-57(48-19-13-11-14-20-48)63-62(56,51-21-15-12-16-22-51)61-54(58-44(7)29-42(5)30-45(58)8)25-18-26-55(61)59-46(9)31-43(6)32-47(59)10/h11-36,56-57H,37H2,1-10H3. The summed E-state index contributed by atoms with van der Waals surface area (Å²) in [6.45, 7) is 22.6. The summed E-state index contributed by atoms with van der Waals surface area (Å²) < 4.78 is 0. The van der Waals surface area contributed by atoms with Crippen LogP contribution < -0.4 is 5.32 Å². The molecule has 0 bridgehead atoms. The number of nitrogens with zero attached hydrogens (tertiary/aromatic N) is 1. The largest absolute Gasteiger partial charge is 0.217 e. The highest BCUT2D eigenvalue weighted by Crippen LogP contribution is 2.61. The minimum absolute atomic E-state index is 0.0721. The van der Waals surface area contributed by atoms with Crippen LogP contribution in [0, 0.1) is 69.2 Å². The maximum absolute atomic E-state index is 6.45. The highest BCUT2D eigenvalue weighted by atomic mass is 15.1. The third kappa shape index (κ3) is 7.68. The molecule has 0 amide bonds. The average Bonchev–Trinajstić information content (AvgIpc) is 3.64. The molecule has 1 heteroatoms. The quantitative estimate of drug-likeness (QED) is 0.145. The van der Waals surface area contributed by atoms with Crippen LogP contribution in [0.4, 0.5) is 0 Å². The summed E-state index contributed by atoms with van der Waals surface area (Å²) in [6.07, 6.45) is 0.837. The molecule has 1 saturated heterocycles. The molecule has 8 aromatic carbocycles. The van der Waals surface area contributed by atoms with Gasteiger partial charge >= 0.3 is 0 Å². The van der Waals surface area contributed by atoms with Crippen molar-refractivity contribution in [3.05, 3.63) is 236 Å². The summed E-state index contributed by atoms with van der Waals surface area (Å²) in [4.78, 5) is 0. The first kappa shape index (κ1) is 42.0. The van der Waals surface area contributed by atoms with Crippen molar-refractivity contribution < 1.29 is 0 Å². The summed E-state index contributed by atoms with van der Waals surface area (Å²) >= 11 is 0. The molecule has 0 aliphatic carbocycles. The molecule has 3 unspecified atom stereocenters. The number of rotatable bonds is 8. The molecular weight excluding hydrogens is 759 g/mol. The van der Waals surface area contributed by atoms with Gasteiger partial charge in [0.1, 0.15) is 0 Å². The SMILES string of the molecule is Cc1cc(C)cc(-c2cccc(-c3cc(C)cc(C)c3)c2C2CC(c3ccccc3)[N]C2(c2ccccc2)c2c(-c3c(C)cc(C)cc3C)cccc2-c2c(C)cc(C)cc2C)c1. The molecule has 0 N–H and O–H groups in total. The summed E-state index contributed by atoms with van der Waals surface area (Å²) in [5, 5.41) is 6.45. The van der Waals surface area contributed by atoms with E-state index in [1.807, 2.05) is 0 Å². The smallest absolute Gasteiger partial charge is 0.0943 e. The van der Waals surface area contributed by atoms with Crippen LogP contribution in [0.1, 0.15) is 96.3 Å². The van der Waals surface area contributed by atoms with E-state index in [2.05, 4.69) is 227 Å². The second-order valence-electron chi connectivity index (χ2n) is 18.8. The second-order valence-corrected chi connectivity index (χ2v) is 18.8. The van der Waals surface area contributed by atoms with E-state index in [-0.39, 0.29) is 12.0 Å². The minimum atomic E-state index is -0.830. The third-order valence-electron chi connectivity index (χ3n) is 13.6. The van der Waals surface area contributed by atoms with Gasteiger partial charge in [-0.05, 0) is 165 Å². The Kier molecular flexibility index (Phi) is 11.2. The van der Waals surface area contributed by atoms with E-state index in [9.17, 15) is 0 Å². The van der Waals surface area contributed by atoms with Gasteiger partial charge in [0.05, 0.1) is 11.6 Å². The lowest BCUT2D eigenvalue weighted by molar-refractivity contribution is 0.403. The van der Waals surface area contributed by atoms with Gasteiger partial charge in [0, 0.05) is 5.92 Å². The monoisotopic (exact) mass is 818 g/mol. The predicted octanol–water partition coefficient (Wildman–Crippen LogP) is 16.2. The molecule has 0 saturated carbocycles. The molecule has 1 radical (unpaired) electrons. The molecule has 1 heterocycles. The number of benzene rings is 8. The zero-order chi connectivity index (χ0) is 44.2. The zero-order valence-corrected chi connectivity index (χ0v) is 38.8. The maximum atomic E-state index is 6.45. The lowest BCUT2D eigenvalue weighted by Crippen LogP contribution is -2.40. The molecule has 1 nitrogen and oxygen atoms in total. The molecule has 63 heavy (non-hydrogen) atoms. The first-order valence-electron chi connectivity index (χ1n) is 22.7. The average molecular weight is 819 g/mol. The summed E-state index contributed by atoms with van der Waals surface area (Å²) in [7, 11) is 0. The van der Waals surface area contributed by atoms with Crippen molar-refractivity contribution >= 4 is 0 Å². The molecule has 0 aromatic heterocycles. The van der Waals surface area contributed by atoms with Crippen LogP contribution in [0.25, 0.3) is 44.5 Å². The normalized spacial score (nSPS) is 17.3. The Morgan fingerprint density at radius 2 is 0.778 bits per heavy atom. The van der Waals surface area contributed by atoms with Crippen LogP contribution in [-0.4, -0.2) is 0 Å². The molecule has 3 atom stereocenters.